The van der Waals surface area contributed by atoms with Crippen molar-refractivity contribution in [3.05, 3.63) is 47.6 Å². The number of oxazole rings is 1. The van der Waals surface area contributed by atoms with Crippen LogP contribution in [0.15, 0.2) is 61.2 Å². The van der Waals surface area contributed by atoms with Gasteiger partial charge in [-0.15, -0.1) is 11.3 Å². The minimum atomic E-state index is -4.04. The van der Waals surface area contributed by atoms with E-state index in [0.717, 1.165) is 36.0 Å². The molecular weight excluding hydrogens is 387 g/mol. The van der Waals surface area contributed by atoms with Crippen molar-refractivity contribution in [2.24, 2.45) is 5.73 Å². The van der Waals surface area contributed by atoms with E-state index < -0.39 is 21.6 Å². The maximum absolute atomic E-state index is 13.1. The molecule has 0 aliphatic carbocycles. The van der Waals surface area contributed by atoms with Gasteiger partial charge in [-0.3, -0.25) is 4.79 Å². The fraction of sp³-hybridized carbons (Fsp3) is 0.0667. The summed E-state index contributed by atoms with van der Waals surface area (Å²) < 4.78 is 44.3. The van der Waals surface area contributed by atoms with Crippen molar-refractivity contribution in [3.63, 3.8) is 0 Å². The van der Waals surface area contributed by atoms with E-state index in [9.17, 15) is 17.6 Å². The molecule has 0 unspecified atom stereocenters. The van der Waals surface area contributed by atoms with Crippen LogP contribution in [-0.2, 0) is 14.6 Å². The number of carbonyl (C=O) groups excluding carboxylic acids is 1. The molecule has 6 nitrogen and oxygen atoms in total. The second kappa shape index (κ2) is 6.98. The Kier molecular flexibility index (Phi) is 4.93. The number of hydrogen-bond donors (Lipinski definition) is 1. The Morgan fingerprint density at radius 1 is 1.28 bits per heavy atom. The third kappa shape index (κ3) is 3.75. The zero-order valence-electron chi connectivity index (χ0n) is 12.5. The number of aromatic nitrogens is 1. The first kappa shape index (κ1) is 17.6. The summed E-state index contributed by atoms with van der Waals surface area (Å²) in [6, 6.07) is 7.88. The van der Waals surface area contributed by atoms with Gasteiger partial charge in [-0.1, -0.05) is 17.8 Å². The summed E-state index contributed by atoms with van der Waals surface area (Å²) in [4.78, 5) is 15.6. The number of benzene rings is 1. The van der Waals surface area contributed by atoms with Crippen LogP contribution >= 0.6 is 23.1 Å². The van der Waals surface area contributed by atoms with E-state index in [1.807, 2.05) is 0 Å². The smallest absolute Gasteiger partial charge is 0.238 e. The van der Waals surface area contributed by atoms with Gasteiger partial charge in [-0.05, 0) is 35.7 Å². The van der Waals surface area contributed by atoms with Crippen LogP contribution in [0.5, 0.6) is 0 Å². The molecule has 2 N–H and O–H groups in total. The van der Waals surface area contributed by atoms with E-state index >= 15 is 0 Å². The molecule has 0 aliphatic rings. The number of rotatable bonds is 6. The summed E-state index contributed by atoms with van der Waals surface area (Å²) in [6.07, 6.45) is 0. The Morgan fingerprint density at radius 3 is 2.60 bits per heavy atom. The molecule has 0 fully saturated rings. The normalized spacial score (nSPS) is 11.6. The van der Waals surface area contributed by atoms with Gasteiger partial charge in [0.2, 0.25) is 31.8 Å². The molecule has 10 heteroatoms. The predicted molar refractivity (Wildman–Crippen MR) is 91.6 cm³/mol. The van der Waals surface area contributed by atoms with Gasteiger partial charge in [0.15, 0.2) is 0 Å². The standard InChI is InChI=1S/C15H11FN2O4S3/c16-9-3-5-10(6-4-9)25(20,21)14-15(24-8-12(17)19)22-13(18-14)11-2-1-7-23-11/h1-7H,8H2,(H2,17,19). The van der Waals surface area contributed by atoms with Crippen molar-refractivity contribution in [3.8, 4) is 10.8 Å². The predicted octanol–water partition coefficient (Wildman–Crippen LogP) is 2.95. The van der Waals surface area contributed by atoms with E-state index in [0.29, 0.717) is 4.88 Å². The molecule has 1 aromatic carbocycles. The monoisotopic (exact) mass is 398 g/mol. The summed E-state index contributed by atoms with van der Waals surface area (Å²) >= 11 is 2.17. The van der Waals surface area contributed by atoms with Gasteiger partial charge < -0.3 is 10.2 Å². The molecule has 0 bridgehead atoms. The van der Waals surface area contributed by atoms with Gasteiger partial charge in [0.1, 0.15) is 5.82 Å². The van der Waals surface area contributed by atoms with Crippen LogP contribution in [0.1, 0.15) is 0 Å². The number of thioether (sulfide) groups is 1. The van der Waals surface area contributed by atoms with Crippen LogP contribution in [-0.4, -0.2) is 25.1 Å². The van der Waals surface area contributed by atoms with Crippen molar-refractivity contribution in [2.75, 3.05) is 5.75 Å². The highest BCUT2D eigenvalue weighted by Crippen LogP contribution is 2.35. The average Bonchev–Trinajstić information content (AvgIpc) is 3.23. The van der Waals surface area contributed by atoms with Crippen LogP contribution < -0.4 is 5.73 Å². The van der Waals surface area contributed by atoms with Gasteiger partial charge in [-0.25, -0.2) is 12.8 Å². The minimum Gasteiger partial charge on any atom is -0.428 e. The molecule has 25 heavy (non-hydrogen) atoms. The van der Waals surface area contributed by atoms with E-state index in [2.05, 4.69) is 4.98 Å². The van der Waals surface area contributed by atoms with Gasteiger partial charge in [-0.2, -0.15) is 4.98 Å². The molecule has 0 aliphatic heterocycles. The maximum atomic E-state index is 13.1. The summed E-state index contributed by atoms with van der Waals surface area (Å²) in [5, 5.41) is 1.43. The highest BCUT2D eigenvalue weighted by molar-refractivity contribution is 8.00. The highest BCUT2D eigenvalue weighted by Gasteiger charge is 2.29. The third-order valence-corrected chi connectivity index (χ3v) is 6.66. The zero-order chi connectivity index (χ0) is 18.0. The highest BCUT2D eigenvalue weighted by atomic mass is 32.2. The first-order valence-electron chi connectivity index (χ1n) is 6.84. The molecule has 3 rings (SSSR count). The lowest BCUT2D eigenvalue weighted by molar-refractivity contribution is -0.115. The van der Waals surface area contributed by atoms with Crippen molar-refractivity contribution in [2.45, 2.75) is 15.0 Å². The Labute approximate surface area is 150 Å². The lowest BCUT2D eigenvalue weighted by Crippen LogP contribution is -2.13. The van der Waals surface area contributed by atoms with Gasteiger partial charge >= 0.3 is 0 Å². The molecule has 3 aromatic rings. The average molecular weight is 398 g/mol. The van der Waals surface area contributed by atoms with Gasteiger partial charge in [0, 0.05) is 0 Å². The fourth-order valence-electron chi connectivity index (χ4n) is 1.92. The van der Waals surface area contributed by atoms with Crippen molar-refractivity contribution < 1.29 is 22.0 Å². The summed E-state index contributed by atoms with van der Waals surface area (Å²) in [6.45, 7) is 0. The number of carbonyl (C=O) groups is 1. The van der Waals surface area contributed by atoms with Crippen molar-refractivity contribution >= 4 is 38.8 Å². The van der Waals surface area contributed by atoms with Crippen LogP contribution in [0.2, 0.25) is 0 Å². The second-order valence-electron chi connectivity index (χ2n) is 4.80. The first-order valence-corrected chi connectivity index (χ1v) is 10.2. The van der Waals surface area contributed by atoms with E-state index in [1.165, 1.54) is 11.3 Å². The summed E-state index contributed by atoms with van der Waals surface area (Å²) in [5.41, 5.74) is 5.12. The topological polar surface area (TPSA) is 103 Å². The van der Waals surface area contributed by atoms with E-state index in [-0.39, 0.29) is 26.7 Å². The summed E-state index contributed by atoms with van der Waals surface area (Å²) in [5.74, 6) is -1.21. The van der Waals surface area contributed by atoms with Crippen LogP contribution in [0.25, 0.3) is 10.8 Å². The number of sulfone groups is 1. The molecule has 0 saturated carbocycles. The number of halogens is 1. The van der Waals surface area contributed by atoms with Gasteiger partial charge in [0.25, 0.3) is 0 Å². The number of primary amides is 1. The largest absolute Gasteiger partial charge is 0.428 e. The minimum absolute atomic E-state index is 0.0356. The van der Waals surface area contributed by atoms with E-state index in [1.54, 1.807) is 17.5 Å². The Bertz CT molecular complexity index is 996. The van der Waals surface area contributed by atoms with Crippen molar-refractivity contribution in [1.29, 1.82) is 0 Å². The number of thiophene rings is 1. The first-order chi connectivity index (χ1) is 11.9. The molecule has 0 atom stereocenters. The molecule has 0 spiro atoms. The van der Waals surface area contributed by atoms with Crippen molar-refractivity contribution in [1.82, 2.24) is 4.98 Å². The van der Waals surface area contributed by atoms with E-state index in [4.69, 9.17) is 10.2 Å². The Hall–Kier alpha value is -2.17. The SMILES string of the molecule is NC(=O)CSc1oc(-c2cccs2)nc1S(=O)(=O)c1ccc(F)cc1. The molecule has 2 heterocycles. The molecular formula is C15H11FN2O4S3. The quantitative estimate of drug-likeness (QED) is 0.506. The fourth-order valence-corrected chi connectivity index (χ4v) is 4.84. The number of nitrogens with two attached hydrogens (primary N) is 1. The zero-order valence-corrected chi connectivity index (χ0v) is 15.0. The van der Waals surface area contributed by atoms with Crippen LogP contribution in [0.4, 0.5) is 4.39 Å². The third-order valence-electron chi connectivity index (χ3n) is 3.02. The molecule has 0 saturated heterocycles. The number of amides is 1. The number of hydrogen-bond acceptors (Lipinski definition) is 7. The Morgan fingerprint density at radius 2 is 2.00 bits per heavy atom. The van der Waals surface area contributed by atoms with Gasteiger partial charge in [0.05, 0.1) is 15.5 Å². The second-order valence-corrected chi connectivity index (χ2v) is 8.56. The van der Waals surface area contributed by atoms with Crippen LogP contribution in [0.3, 0.4) is 0 Å². The lowest BCUT2D eigenvalue weighted by atomic mass is 10.4. The molecule has 0 radical (unpaired) electrons. The molecule has 1 amide bonds. The maximum Gasteiger partial charge on any atom is 0.238 e. The Balaban J connectivity index is 2.09. The number of nitrogens with zero attached hydrogens (tertiary/aromatic N) is 1. The molecule has 130 valence electrons. The van der Waals surface area contributed by atoms with Crippen LogP contribution in [0, 0.1) is 5.82 Å². The lowest BCUT2D eigenvalue weighted by Gasteiger charge is -2.02. The summed E-state index contributed by atoms with van der Waals surface area (Å²) in [7, 11) is -4.04. The molecule has 2 aromatic heterocycles.